The van der Waals surface area contributed by atoms with Crippen LogP contribution in [0, 0.1) is 6.92 Å². The fourth-order valence-electron chi connectivity index (χ4n) is 4.37. The minimum atomic E-state index is -0.179. The molecule has 7 heteroatoms. The van der Waals surface area contributed by atoms with Crippen molar-refractivity contribution in [3.05, 3.63) is 71.9 Å². The van der Waals surface area contributed by atoms with Crippen LogP contribution < -0.4 is 5.32 Å². The van der Waals surface area contributed by atoms with E-state index in [4.69, 9.17) is 5.10 Å². The smallest absolute Gasteiger partial charge is 0.257 e. The summed E-state index contributed by atoms with van der Waals surface area (Å²) in [7, 11) is 0. The number of piperazine rings is 1. The lowest BCUT2D eigenvalue weighted by Gasteiger charge is -2.37. The van der Waals surface area contributed by atoms with Crippen molar-refractivity contribution >= 4 is 11.8 Å². The minimum Gasteiger partial charge on any atom is -0.352 e. The van der Waals surface area contributed by atoms with Crippen LogP contribution in [-0.4, -0.2) is 69.7 Å². The maximum atomic E-state index is 13.6. The number of rotatable bonds is 6. The van der Waals surface area contributed by atoms with Crippen LogP contribution in [0.25, 0.3) is 16.9 Å². The Morgan fingerprint density at radius 1 is 0.971 bits per heavy atom. The number of hydrogen-bond acceptors (Lipinski definition) is 4. The van der Waals surface area contributed by atoms with Gasteiger partial charge in [-0.3, -0.25) is 14.5 Å². The average Bonchev–Trinajstić information content (AvgIpc) is 3.58. The molecule has 1 saturated heterocycles. The highest BCUT2D eigenvalue weighted by Crippen LogP contribution is 2.26. The minimum absolute atomic E-state index is 0.0213. The van der Waals surface area contributed by atoms with E-state index < -0.39 is 0 Å². The van der Waals surface area contributed by atoms with Crippen LogP contribution >= 0.6 is 0 Å². The third kappa shape index (κ3) is 4.75. The van der Waals surface area contributed by atoms with Gasteiger partial charge in [0.15, 0.2) is 0 Å². The topological polar surface area (TPSA) is 70.5 Å². The van der Waals surface area contributed by atoms with Crippen LogP contribution in [0.15, 0.2) is 60.8 Å². The Morgan fingerprint density at radius 3 is 2.29 bits per heavy atom. The van der Waals surface area contributed by atoms with Gasteiger partial charge in [-0.1, -0.05) is 48.0 Å². The largest absolute Gasteiger partial charge is 0.352 e. The monoisotopic (exact) mass is 457 g/mol. The Balaban J connectivity index is 1.34. The number of aryl methyl sites for hydroxylation is 1. The second-order valence-electron chi connectivity index (χ2n) is 9.32. The first-order valence-corrected chi connectivity index (χ1v) is 12.1. The highest BCUT2D eigenvalue weighted by Gasteiger charge is 2.32. The van der Waals surface area contributed by atoms with Crippen molar-refractivity contribution in [3.8, 4) is 16.9 Å². The van der Waals surface area contributed by atoms with E-state index in [1.165, 1.54) is 5.56 Å². The number of nitrogens with one attached hydrogen (secondary N) is 1. The molecule has 1 unspecified atom stereocenters. The Hall–Kier alpha value is -3.45. The molecule has 0 spiro atoms. The summed E-state index contributed by atoms with van der Waals surface area (Å²) in [6.45, 7) is 6.53. The Morgan fingerprint density at radius 2 is 1.65 bits per heavy atom. The predicted octanol–water partition coefficient (Wildman–Crippen LogP) is 3.27. The average molecular weight is 458 g/mol. The van der Waals surface area contributed by atoms with Crippen molar-refractivity contribution in [3.63, 3.8) is 0 Å². The van der Waals surface area contributed by atoms with Gasteiger partial charge in [-0.25, -0.2) is 4.68 Å². The van der Waals surface area contributed by atoms with Gasteiger partial charge in [0.1, 0.15) is 5.69 Å². The molecule has 176 valence electrons. The molecule has 1 aromatic heterocycles. The second-order valence-corrected chi connectivity index (χ2v) is 9.32. The first-order valence-electron chi connectivity index (χ1n) is 12.1. The van der Waals surface area contributed by atoms with E-state index in [2.05, 4.69) is 10.2 Å². The number of carbonyl (C=O) groups is 2. The van der Waals surface area contributed by atoms with Gasteiger partial charge in [0, 0.05) is 44.0 Å². The molecule has 3 aromatic rings. The van der Waals surface area contributed by atoms with Gasteiger partial charge in [-0.2, -0.15) is 5.10 Å². The third-order valence-corrected chi connectivity index (χ3v) is 6.74. The Kier molecular flexibility index (Phi) is 6.20. The molecule has 5 rings (SSSR count). The van der Waals surface area contributed by atoms with Crippen LogP contribution in [0.2, 0.25) is 0 Å². The summed E-state index contributed by atoms with van der Waals surface area (Å²) in [5.74, 6) is 0.0694. The van der Waals surface area contributed by atoms with Gasteiger partial charge < -0.3 is 10.2 Å². The van der Waals surface area contributed by atoms with Crippen molar-refractivity contribution in [1.29, 1.82) is 0 Å². The number of amides is 2. The van der Waals surface area contributed by atoms with Gasteiger partial charge in [0.05, 0.1) is 17.3 Å². The summed E-state index contributed by atoms with van der Waals surface area (Å²) >= 11 is 0. The maximum Gasteiger partial charge on any atom is 0.257 e. The lowest BCUT2D eigenvalue weighted by molar-refractivity contribution is -0.126. The molecule has 1 atom stereocenters. The Bertz CT molecular complexity index is 1160. The number of nitrogens with zero attached hydrogens (tertiary/aromatic N) is 4. The summed E-state index contributed by atoms with van der Waals surface area (Å²) in [6, 6.07) is 18.1. The van der Waals surface area contributed by atoms with Crippen LogP contribution in [0.5, 0.6) is 0 Å². The lowest BCUT2D eigenvalue weighted by Crippen LogP contribution is -2.55. The molecular formula is C27H31N5O2. The molecule has 2 aliphatic rings. The van der Waals surface area contributed by atoms with E-state index >= 15 is 0 Å². The van der Waals surface area contributed by atoms with Gasteiger partial charge in [-0.05, 0) is 38.8 Å². The SMILES string of the molecule is Cc1ccc(-n2cc(C(=O)N3CCN(C(C)C(=O)NC4CC4)CC3)c(-c3ccccc3)n2)cc1. The molecular weight excluding hydrogens is 426 g/mol. The normalized spacial score (nSPS) is 17.4. The van der Waals surface area contributed by atoms with Crippen molar-refractivity contribution < 1.29 is 9.59 Å². The zero-order valence-corrected chi connectivity index (χ0v) is 19.8. The van der Waals surface area contributed by atoms with Crippen molar-refractivity contribution in [2.24, 2.45) is 0 Å². The van der Waals surface area contributed by atoms with Crippen molar-refractivity contribution in [2.45, 2.75) is 38.8 Å². The molecule has 34 heavy (non-hydrogen) atoms. The predicted molar refractivity (Wildman–Crippen MR) is 132 cm³/mol. The van der Waals surface area contributed by atoms with Gasteiger partial charge in [0.25, 0.3) is 5.91 Å². The molecule has 2 amide bonds. The lowest BCUT2D eigenvalue weighted by atomic mass is 10.1. The van der Waals surface area contributed by atoms with E-state index in [9.17, 15) is 9.59 Å². The molecule has 1 aliphatic heterocycles. The maximum absolute atomic E-state index is 13.6. The fraction of sp³-hybridized carbons (Fsp3) is 0.370. The number of carbonyl (C=O) groups excluding carboxylic acids is 2. The third-order valence-electron chi connectivity index (χ3n) is 6.74. The highest BCUT2D eigenvalue weighted by molar-refractivity contribution is 6.00. The summed E-state index contributed by atoms with van der Waals surface area (Å²) in [5.41, 5.74) is 4.29. The molecule has 7 nitrogen and oxygen atoms in total. The van der Waals surface area contributed by atoms with E-state index in [0.717, 1.165) is 24.1 Å². The molecule has 0 radical (unpaired) electrons. The molecule has 2 heterocycles. The van der Waals surface area contributed by atoms with Gasteiger partial charge in [-0.15, -0.1) is 0 Å². The van der Waals surface area contributed by atoms with Crippen LogP contribution in [0.1, 0.15) is 35.7 Å². The van der Waals surface area contributed by atoms with E-state index in [0.29, 0.717) is 43.5 Å². The zero-order valence-electron chi connectivity index (χ0n) is 19.8. The Labute approximate surface area is 200 Å². The van der Waals surface area contributed by atoms with Crippen LogP contribution in [0.4, 0.5) is 0 Å². The first kappa shape index (κ1) is 22.3. The summed E-state index contributed by atoms with van der Waals surface area (Å²) < 4.78 is 1.79. The molecule has 1 aliphatic carbocycles. The van der Waals surface area contributed by atoms with E-state index in [1.807, 2.05) is 79.5 Å². The van der Waals surface area contributed by atoms with E-state index in [1.54, 1.807) is 4.68 Å². The molecule has 1 N–H and O–H groups in total. The number of hydrogen-bond donors (Lipinski definition) is 1. The summed E-state index contributed by atoms with van der Waals surface area (Å²) in [4.78, 5) is 30.1. The van der Waals surface area contributed by atoms with Crippen LogP contribution in [0.3, 0.4) is 0 Å². The first-order chi connectivity index (χ1) is 16.5. The fourth-order valence-corrected chi connectivity index (χ4v) is 4.37. The van der Waals surface area contributed by atoms with Crippen LogP contribution in [-0.2, 0) is 4.79 Å². The molecule has 0 bridgehead atoms. The number of benzene rings is 2. The molecule has 2 fully saturated rings. The van der Waals surface area contributed by atoms with E-state index in [-0.39, 0.29) is 17.9 Å². The van der Waals surface area contributed by atoms with Crippen molar-refractivity contribution in [1.82, 2.24) is 24.9 Å². The molecule has 2 aromatic carbocycles. The molecule has 1 saturated carbocycles. The quantitative estimate of drug-likeness (QED) is 0.617. The highest BCUT2D eigenvalue weighted by atomic mass is 16.2. The standard InChI is InChI=1S/C27H31N5O2/c1-19-8-12-23(13-9-19)32-18-24(25(29-32)21-6-4-3-5-7-21)27(34)31-16-14-30(15-17-31)20(2)26(33)28-22-10-11-22/h3-9,12-13,18,20,22H,10-11,14-17H2,1-2H3,(H,28,33). The summed E-state index contributed by atoms with van der Waals surface area (Å²) in [5, 5.41) is 7.89. The van der Waals surface area contributed by atoms with Crippen molar-refractivity contribution in [2.75, 3.05) is 26.2 Å². The second kappa shape index (κ2) is 9.43. The van der Waals surface area contributed by atoms with Gasteiger partial charge >= 0.3 is 0 Å². The van der Waals surface area contributed by atoms with Gasteiger partial charge in [0.2, 0.25) is 5.91 Å². The summed E-state index contributed by atoms with van der Waals surface area (Å²) in [6.07, 6.45) is 4.01. The number of aromatic nitrogens is 2. The zero-order chi connectivity index (χ0) is 23.7.